The van der Waals surface area contributed by atoms with E-state index >= 15 is 0 Å². The number of hydrogen-bond donors (Lipinski definition) is 1. The molecule has 3 nitrogen and oxygen atoms in total. The van der Waals surface area contributed by atoms with E-state index < -0.39 is 0 Å². The van der Waals surface area contributed by atoms with Crippen molar-refractivity contribution >= 4 is 11.6 Å². The zero-order chi connectivity index (χ0) is 13.5. The Morgan fingerprint density at radius 1 is 1.39 bits per heavy atom. The lowest BCUT2D eigenvalue weighted by Gasteiger charge is -2.13. The highest BCUT2D eigenvalue weighted by atomic mass is 35.5. The Balaban J connectivity index is 2.63. The summed E-state index contributed by atoms with van der Waals surface area (Å²) < 4.78 is 5.69. The molecule has 0 saturated heterocycles. The lowest BCUT2D eigenvalue weighted by Crippen LogP contribution is -2.19. The number of ether oxygens (including phenoxy) is 1. The van der Waals surface area contributed by atoms with Gasteiger partial charge in [-0.3, -0.25) is 0 Å². The highest BCUT2D eigenvalue weighted by Crippen LogP contribution is 2.20. The predicted octanol–water partition coefficient (Wildman–Crippen LogP) is 3.66. The summed E-state index contributed by atoms with van der Waals surface area (Å²) in [5.74, 6) is 1.27. The summed E-state index contributed by atoms with van der Waals surface area (Å²) in [5, 5.41) is 4.05. The Labute approximate surface area is 115 Å². The number of rotatable bonds is 7. The molecule has 0 aliphatic heterocycles. The number of nitrogens with zero attached hydrogens (tertiary/aromatic N) is 1. The first-order chi connectivity index (χ1) is 8.52. The Kier molecular flexibility index (Phi) is 6.44. The maximum Gasteiger partial charge on any atom is 0.213 e. The van der Waals surface area contributed by atoms with Gasteiger partial charge in [0.2, 0.25) is 5.88 Å². The molecule has 18 heavy (non-hydrogen) atoms. The lowest BCUT2D eigenvalue weighted by molar-refractivity contribution is 0.208. The SMILES string of the molecule is CCC(C)Oc1cc(CNCC(C)C)c(Cl)cn1. The summed E-state index contributed by atoms with van der Waals surface area (Å²) in [7, 11) is 0. The van der Waals surface area contributed by atoms with E-state index in [0.29, 0.717) is 16.8 Å². The van der Waals surface area contributed by atoms with Gasteiger partial charge < -0.3 is 10.1 Å². The molecule has 1 rings (SSSR count). The molecule has 0 fully saturated rings. The molecule has 1 atom stereocenters. The smallest absolute Gasteiger partial charge is 0.213 e. The summed E-state index contributed by atoms with van der Waals surface area (Å²) in [6, 6.07) is 1.92. The molecule has 0 aliphatic carbocycles. The first-order valence-corrected chi connectivity index (χ1v) is 6.92. The molecule has 0 aliphatic rings. The summed E-state index contributed by atoms with van der Waals surface area (Å²) in [4.78, 5) is 4.19. The minimum absolute atomic E-state index is 0.176. The Hall–Kier alpha value is -0.800. The zero-order valence-corrected chi connectivity index (χ0v) is 12.4. The predicted molar refractivity (Wildman–Crippen MR) is 76.2 cm³/mol. The minimum atomic E-state index is 0.176. The highest BCUT2D eigenvalue weighted by Gasteiger charge is 2.07. The summed E-state index contributed by atoms with van der Waals surface area (Å²) in [6.07, 6.45) is 2.80. The van der Waals surface area contributed by atoms with Crippen molar-refractivity contribution in [1.29, 1.82) is 0 Å². The van der Waals surface area contributed by atoms with E-state index in [1.807, 2.05) is 13.0 Å². The summed E-state index contributed by atoms with van der Waals surface area (Å²) in [5.41, 5.74) is 1.03. The van der Waals surface area contributed by atoms with Crippen LogP contribution in [0.1, 0.15) is 39.7 Å². The molecule has 1 unspecified atom stereocenters. The first-order valence-electron chi connectivity index (χ1n) is 6.54. The molecular formula is C14H23ClN2O. The van der Waals surface area contributed by atoms with Gasteiger partial charge in [0.05, 0.1) is 11.1 Å². The van der Waals surface area contributed by atoms with Gasteiger partial charge in [-0.1, -0.05) is 32.4 Å². The monoisotopic (exact) mass is 270 g/mol. The van der Waals surface area contributed by atoms with Crippen molar-refractivity contribution in [2.24, 2.45) is 5.92 Å². The van der Waals surface area contributed by atoms with E-state index in [-0.39, 0.29) is 6.10 Å². The van der Waals surface area contributed by atoms with Crippen LogP contribution in [0.2, 0.25) is 5.02 Å². The van der Waals surface area contributed by atoms with Crippen LogP contribution in [0, 0.1) is 5.92 Å². The van der Waals surface area contributed by atoms with Crippen molar-refractivity contribution in [2.45, 2.75) is 46.8 Å². The Morgan fingerprint density at radius 2 is 2.11 bits per heavy atom. The van der Waals surface area contributed by atoms with Gasteiger partial charge in [0.15, 0.2) is 0 Å². The number of hydrogen-bond acceptors (Lipinski definition) is 3. The molecule has 102 valence electrons. The van der Waals surface area contributed by atoms with E-state index in [1.54, 1.807) is 6.20 Å². The molecule has 0 bridgehead atoms. The van der Waals surface area contributed by atoms with Crippen LogP contribution < -0.4 is 10.1 Å². The van der Waals surface area contributed by atoms with E-state index in [9.17, 15) is 0 Å². The third-order valence-electron chi connectivity index (χ3n) is 2.67. The summed E-state index contributed by atoms with van der Waals surface area (Å²) >= 11 is 6.12. The molecule has 0 spiro atoms. The van der Waals surface area contributed by atoms with E-state index in [0.717, 1.165) is 25.1 Å². The third kappa shape index (κ3) is 5.23. The number of pyridine rings is 1. The van der Waals surface area contributed by atoms with Gasteiger partial charge in [-0.15, -0.1) is 0 Å². The molecule has 1 heterocycles. The van der Waals surface area contributed by atoms with Crippen molar-refractivity contribution in [3.63, 3.8) is 0 Å². The second-order valence-electron chi connectivity index (χ2n) is 4.98. The van der Waals surface area contributed by atoms with Gasteiger partial charge in [0.1, 0.15) is 0 Å². The largest absolute Gasteiger partial charge is 0.475 e. The second-order valence-corrected chi connectivity index (χ2v) is 5.38. The number of aromatic nitrogens is 1. The van der Waals surface area contributed by atoms with Gasteiger partial charge in [-0.2, -0.15) is 0 Å². The first kappa shape index (κ1) is 15.3. The fourth-order valence-corrected chi connectivity index (χ4v) is 1.61. The fourth-order valence-electron chi connectivity index (χ4n) is 1.44. The standard InChI is InChI=1S/C14H23ClN2O/c1-5-11(4)18-14-6-12(13(15)9-17-14)8-16-7-10(2)3/h6,9-11,16H,5,7-8H2,1-4H3. The van der Waals surface area contributed by atoms with Crippen molar-refractivity contribution in [3.05, 3.63) is 22.8 Å². The average molecular weight is 271 g/mol. The number of halogens is 1. The maximum absolute atomic E-state index is 6.12. The van der Waals surface area contributed by atoms with Gasteiger partial charge in [-0.05, 0) is 31.4 Å². The van der Waals surface area contributed by atoms with Gasteiger partial charge in [-0.25, -0.2) is 4.98 Å². The van der Waals surface area contributed by atoms with Crippen LogP contribution in [0.25, 0.3) is 0 Å². The maximum atomic E-state index is 6.12. The molecule has 0 radical (unpaired) electrons. The minimum Gasteiger partial charge on any atom is -0.475 e. The Morgan fingerprint density at radius 3 is 2.72 bits per heavy atom. The molecule has 1 aromatic rings. The lowest BCUT2D eigenvalue weighted by atomic mass is 10.2. The van der Waals surface area contributed by atoms with Crippen LogP contribution in [-0.4, -0.2) is 17.6 Å². The van der Waals surface area contributed by atoms with E-state index in [1.165, 1.54) is 0 Å². The highest BCUT2D eigenvalue weighted by molar-refractivity contribution is 6.31. The van der Waals surface area contributed by atoms with Gasteiger partial charge in [0, 0.05) is 18.8 Å². The van der Waals surface area contributed by atoms with Crippen molar-refractivity contribution in [3.8, 4) is 5.88 Å². The van der Waals surface area contributed by atoms with Crippen LogP contribution in [-0.2, 0) is 6.54 Å². The molecule has 0 amide bonds. The van der Waals surface area contributed by atoms with Crippen molar-refractivity contribution in [2.75, 3.05) is 6.54 Å². The summed E-state index contributed by atoms with van der Waals surface area (Å²) in [6.45, 7) is 10.2. The van der Waals surface area contributed by atoms with Crippen LogP contribution >= 0.6 is 11.6 Å². The van der Waals surface area contributed by atoms with Gasteiger partial charge >= 0.3 is 0 Å². The number of nitrogens with one attached hydrogen (secondary N) is 1. The molecule has 0 saturated carbocycles. The fraction of sp³-hybridized carbons (Fsp3) is 0.643. The van der Waals surface area contributed by atoms with Gasteiger partial charge in [0.25, 0.3) is 0 Å². The zero-order valence-electron chi connectivity index (χ0n) is 11.7. The molecule has 0 aromatic carbocycles. The average Bonchev–Trinajstić information content (AvgIpc) is 2.32. The van der Waals surface area contributed by atoms with Crippen LogP contribution in [0.3, 0.4) is 0 Å². The quantitative estimate of drug-likeness (QED) is 0.821. The van der Waals surface area contributed by atoms with Crippen LogP contribution in [0.15, 0.2) is 12.3 Å². The normalized spacial score (nSPS) is 12.8. The van der Waals surface area contributed by atoms with E-state index in [4.69, 9.17) is 16.3 Å². The van der Waals surface area contributed by atoms with E-state index in [2.05, 4.69) is 31.1 Å². The molecule has 4 heteroatoms. The van der Waals surface area contributed by atoms with Crippen molar-refractivity contribution < 1.29 is 4.74 Å². The molecule has 1 aromatic heterocycles. The van der Waals surface area contributed by atoms with Crippen LogP contribution in [0.5, 0.6) is 5.88 Å². The molecular weight excluding hydrogens is 248 g/mol. The third-order valence-corrected chi connectivity index (χ3v) is 3.01. The van der Waals surface area contributed by atoms with Crippen LogP contribution in [0.4, 0.5) is 0 Å². The topological polar surface area (TPSA) is 34.1 Å². The van der Waals surface area contributed by atoms with Crippen molar-refractivity contribution in [1.82, 2.24) is 10.3 Å². The second kappa shape index (κ2) is 7.59. The Bertz CT molecular complexity index is 369. The molecule has 1 N–H and O–H groups in total.